The Bertz CT molecular complexity index is 908. The highest BCUT2D eigenvalue weighted by atomic mass is 16.7. The van der Waals surface area contributed by atoms with Crippen molar-refractivity contribution < 1.29 is 33.6 Å². The molecule has 10 heteroatoms. The molecule has 3 heterocycles. The number of carbonyl (C=O) groups excluding carboxylic acids is 2. The van der Waals surface area contributed by atoms with E-state index >= 15 is 0 Å². The molecule has 0 radical (unpaired) electrons. The zero-order chi connectivity index (χ0) is 30.1. The first-order valence-corrected chi connectivity index (χ1v) is 15.7. The van der Waals surface area contributed by atoms with E-state index in [1.807, 2.05) is 13.8 Å². The topological polar surface area (TPSA) is 133 Å². The monoisotopic (exact) mass is 581 g/mol. The molecule has 41 heavy (non-hydrogen) atoms. The van der Waals surface area contributed by atoms with Gasteiger partial charge in [0.05, 0.1) is 17.8 Å². The molecule has 0 spiro atoms. The van der Waals surface area contributed by atoms with E-state index in [2.05, 4.69) is 17.1 Å². The molecule has 3 aliphatic heterocycles. The number of methoxy groups -OCH3 is 1. The Morgan fingerprint density at radius 1 is 1.15 bits per heavy atom. The molecule has 10 nitrogen and oxygen atoms in total. The maximum Gasteiger partial charge on any atom is 0.319 e. The Labute approximate surface area is 246 Å². The van der Waals surface area contributed by atoms with E-state index in [1.54, 1.807) is 27.9 Å². The summed E-state index contributed by atoms with van der Waals surface area (Å²) >= 11 is 0. The summed E-state index contributed by atoms with van der Waals surface area (Å²) in [5, 5.41) is 14.5. The molecule has 1 saturated carbocycles. The fourth-order valence-electron chi connectivity index (χ4n) is 7.14. The smallest absolute Gasteiger partial charge is 0.319 e. The first-order valence-electron chi connectivity index (χ1n) is 15.7. The first-order chi connectivity index (χ1) is 19.2. The van der Waals surface area contributed by atoms with E-state index in [0.717, 1.165) is 25.6 Å². The molecule has 3 saturated heterocycles. The molecule has 4 fully saturated rings. The fraction of sp³-hybridized carbons (Fsp3) is 0.935. The largest absolute Gasteiger partial charge is 0.463 e. The van der Waals surface area contributed by atoms with Gasteiger partial charge >= 0.3 is 5.97 Å². The Balaban J connectivity index is 1.55. The number of hydrogen-bond acceptors (Lipinski definition) is 10. The molecular formula is C31H55N3O7. The van der Waals surface area contributed by atoms with Gasteiger partial charge in [0.25, 0.3) is 0 Å². The third-order valence-electron chi connectivity index (χ3n) is 10.2. The van der Waals surface area contributed by atoms with Crippen LogP contribution in [0, 0.1) is 29.1 Å². The van der Waals surface area contributed by atoms with E-state index in [9.17, 15) is 14.7 Å². The lowest BCUT2D eigenvalue weighted by Crippen LogP contribution is -2.59. The lowest BCUT2D eigenvalue weighted by molar-refractivity contribution is -0.288. The van der Waals surface area contributed by atoms with Crippen molar-refractivity contribution in [2.45, 2.75) is 116 Å². The average Bonchev–Trinajstić information content (AvgIpc) is 2.87. The Hall–Kier alpha value is -1.14. The van der Waals surface area contributed by atoms with Crippen LogP contribution >= 0.6 is 0 Å². The van der Waals surface area contributed by atoms with E-state index in [-0.39, 0.29) is 30.5 Å². The van der Waals surface area contributed by atoms with Gasteiger partial charge in [-0.25, -0.2) is 0 Å². The van der Waals surface area contributed by atoms with Gasteiger partial charge in [-0.15, -0.1) is 0 Å². The summed E-state index contributed by atoms with van der Waals surface area (Å²) in [5.41, 5.74) is 3.87. The summed E-state index contributed by atoms with van der Waals surface area (Å²) in [5.74, 6) is -0.220. The van der Waals surface area contributed by atoms with Crippen molar-refractivity contribution in [3.63, 3.8) is 0 Å². The van der Waals surface area contributed by atoms with Crippen LogP contribution in [0.15, 0.2) is 0 Å². The minimum atomic E-state index is -1.40. The average molecular weight is 582 g/mol. The number of ether oxygens (including phenoxy) is 4. The molecule has 0 unspecified atom stereocenters. The van der Waals surface area contributed by atoms with Crippen LogP contribution in [-0.2, 0) is 28.5 Å². The summed E-state index contributed by atoms with van der Waals surface area (Å²) < 4.78 is 24.4. The number of carbonyl (C=O) groups is 2. The van der Waals surface area contributed by atoms with Crippen molar-refractivity contribution >= 4 is 11.8 Å². The minimum absolute atomic E-state index is 0.0118. The molecular weight excluding hydrogens is 526 g/mol. The normalized spacial score (nSPS) is 42.3. The third-order valence-corrected chi connectivity index (χ3v) is 10.2. The number of Topliss-reactive ketones (excluding diaryl/α,β-unsaturated/α-hetero) is 1. The van der Waals surface area contributed by atoms with Crippen molar-refractivity contribution in [1.29, 1.82) is 0 Å². The van der Waals surface area contributed by atoms with Gasteiger partial charge in [0.15, 0.2) is 12.1 Å². The summed E-state index contributed by atoms with van der Waals surface area (Å²) in [6.45, 7) is 15.0. The van der Waals surface area contributed by atoms with Crippen LogP contribution in [0.2, 0.25) is 0 Å². The van der Waals surface area contributed by atoms with Gasteiger partial charge < -0.3 is 40.0 Å². The molecule has 0 aromatic heterocycles. The summed E-state index contributed by atoms with van der Waals surface area (Å²) in [7, 11) is 1.62. The second kappa shape index (κ2) is 13.2. The van der Waals surface area contributed by atoms with Gasteiger partial charge in [-0.1, -0.05) is 20.3 Å². The Morgan fingerprint density at radius 3 is 2.44 bits per heavy atom. The van der Waals surface area contributed by atoms with Crippen LogP contribution in [0.4, 0.5) is 0 Å². The van der Waals surface area contributed by atoms with Crippen LogP contribution in [0.3, 0.4) is 0 Å². The second-order valence-electron chi connectivity index (χ2n) is 14.3. The van der Waals surface area contributed by atoms with Crippen LogP contribution in [0.25, 0.3) is 0 Å². The Kier molecular flexibility index (Phi) is 10.6. The van der Waals surface area contributed by atoms with Gasteiger partial charge in [0, 0.05) is 50.7 Å². The summed E-state index contributed by atoms with van der Waals surface area (Å²) in [6.07, 6.45) is 2.01. The number of rotatable bonds is 6. The van der Waals surface area contributed by atoms with Crippen molar-refractivity contribution in [3.8, 4) is 0 Å². The predicted octanol–water partition coefficient (Wildman–Crippen LogP) is 2.10. The van der Waals surface area contributed by atoms with Crippen molar-refractivity contribution in [2.75, 3.05) is 39.9 Å². The zero-order valence-electron chi connectivity index (χ0n) is 26.3. The lowest BCUT2D eigenvalue weighted by Gasteiger charge is -2.46. The van der Waals surface area contributed by atoms with Crippen LogP contribution < -0.4 is 11.1 Å². The minimum Gasteiger partial charge on any atom is -0.463 e. The van der Waals surface area contributed by atoms with Crippen LogP contribution in [-0.4, -0.2) is 104 Å². The van der Waals surface area contributed by atoms with E-state index in [0.29, 0.717) is 25.3 Å². The Morgan fingerprint density at radius 2 is 1.83 bits per heavy atom. The van der Waals surface area contributed by atoms with Crippen molar-refractivity contribution in [3.05, 3.63) is 0 Å². The number of hydrogen-bond donors (Lipinski definition) is 3. The lowest BCUT2D eigenvalue weighted by atomic mass is 9.74. The van der Waals surface area contributed by atoms with E-state index < -0.39 is 47.4 Å². The molecule has 1 aliphatic carbocycles. The highest BCUT2D eigenvalue weighted by molar-refractivity contribution is 6.04. The van der Waals surface area contributed by atoms with Crippen molar-refractivity contribution in [2.24, 2.45) is 34.8 Å². The molecule has 0 aromatic rings. The zero-order valence-corrected chi connectivity index (χ0v) is 26.3. The highest BCUT2D eigenvalue weighted by Crippen LogP contribution is 2.38. The quantitative estimate of drug-likeness (QED) is 0.316. The van der Waals surface area contributed by atoms with Crippen molar-refractivity contribution in [1.82, 2.24) is 10.2 Å². The predicted molar refractivity (Wildman–Crippen MR) is 155 cm³/mol. The molecule has 0 aromatic carbocycles. The number of aliphatic hydroxyl groups is 1. The third kappa shape index (κ3) is 7.33. The molecule has 9 atom stereocenters. The van der Waals surface area contributed by atoms with E-state index in [1.165, 1.54) is 19.3 Å². The molecule has 236 valence electrons. The number of aliphatic hydroxyl groups excluding tert-OH is 1. The molecule has 0 bridgehead atoms. The van der Waals surface area contributed by atoms with Gasteiger partial charge in [0.2, 0.25) is 0 Å². The molecule has 4 rings (SSSR count). The fourth-order valence-corrected chi connectivity index (χ4v) is 7.14. The highest BCUT2D eigenvalue weighted by Gasteiger charge is 2.51. The first kappa shape index (κ1) is 32.8. The number of nitrogens with two attached hydrogens (primary N) is 1. The number of likely N-dealkylation sites (tertiary alicyclic amines) is 1. The number of nitrogens with zero attached hydrogens (tertiary/aromatic N) is 1. The number of esters is 1. The maximum atomic E-state index is 14.0. The van der Waals surface area contributed by atoms with Gasteiger partial charge in [-0.3, -0.25) is 9.59 Å². The molecule has 4 aliphatic rings. The van der Waals surface area contributed by atoms with Gasteiger partial charge in [-0.2, -0.15) is 0 Å². The molecule has 0 amide bonds. The second-order valence-corrected chi connectivity index (χ2v) is 14.3. The number of cyclic esters (lactones) is 1. The molecule has 4 N–H and O–H groups in total. The summed E-state index contributed by atoms with van der Waals surface area (Å²) in [4.78, 5) is 29.9. The van der Waals surface area contributed by atoms with E-state index in [4.69, 9.17) is 24.7 Å². The SMILES string of the molecule is CO[C@]1(C)C[C@@H](C)CN[C@H](C2CN(CC3CCC3)C2)COC(=O)C(C)(C)C(=O)[C@H](C)[C@H]1O[C@@H]1O[C@H](C)C[C@H](N)[C@H]1O. The summed E-state index contributed by atoms with van der Waals surface area (Å²) in [6, 6.07) is -0.501. The number of ketones is 1. The van der Waals surface area contributed by atoms with Crippen LogP contribution in [0.5, 0.6) is 0 Å². The number of nitrogens with one attached hydrogen (secondary N) is 1. The van der Waals surface area contributed by atoms with Gasteiger partial charge in [-0.05, 0) is 71.8 Å². The maximum absolute atomic E-state index is 14.0. The van der Waals surface area contributed by atoms with Crippen LogP contribution in [0.1, 0.15) is 73.6 Å². The van der Waals surface area contributed by atoms with Gasteiger partial charge in [0.1, 0.15) is 18.1 Å². The standard InChI is InChI=1S/C31H55N3O7/c1-18-12-31(6,38-7)27(41-28-25(35)23(32)11-19(2)40-28)20(3)26(36)30(4,5)29(37)39-17-24(33-13-18)22-15-34(16-22)14-21-9-8-10-21/h18-25,27-28,33,35H,8-17,32H2,1-7H3/t18-,19-,20+,23+,24+,25-,27-,28+,31-/m1/s1.